The summed E-state index contributed by atoms with van der Waals surface area (Å²) >= 11 is 0. The molecule has 8 nitrogen and oxygen atoms in total. The first kappa shape index (κ1) is 20.0. The standard InChI is InChI=1S/C23H29N7O/c1-31-21-15(3-2-4-26-21)11-27-22-28-12-18(10-24)20(30-22)29-13-23-7-14-5-16(8-23)19(25)17(6-14)9-23/h2-4,12,14,16-17,19H,5-9,11,13,25H2,1H3,(H2,27,28,29,30)/t14?,16-,17+,19?,23?. The third kappa shape index (κ3) is 3.79. The molecule has 0 aliphatic heterocycles. The van der Waals surface area contributed by atoms with Crippen molar-refractivity contribution >= 4 is 11.8 Å². The normalized spacial score (nSPS) is 30.6. The van der Waals surface area contributed by atoms with Gasteiger partial charge in [-0.05, 0) is 61.3 Å². The summed E-state index contributed by atoms with van der Waals surface area (Å²) in [7, 11) is 1.60. The largest absolute Gasteiger partial charge is 0.481 e. The third-order valence-electron chi connectivity index (χ3n) is 7.49. The Morgan fingerprint density at radius 2 is 2.03 bits per heavy atom. The molecule has 0 aromatic carbocycles. The van der Waals surface area contributed by atoms with E-state index in [-0.39, 0.29) is 5.41 Å². The van der Waals surface area contributed by atoms with Gasteiger partial charge in [0.05, 0.1) is 13.3 Å². The summed E-state index contributed by atoms with van der Waals surface area (Å²) in [4.78, 5) is 13.1. The summed E-state index contributed by atoms with van der Waals surface area (Å²) in [6, 6.07) is 6.40. The maximum absolute atomic E-state index is 9.55. The minimum atomic E-state index is 0.278. The van der Waals surface area contributed by atoms with Crippen LogP contribution in [0.15, 0.2) is 24.5 Å². The molecule has 2 aromatic rings. The summed E-state index contributed by atoms with van der Waals surface area (Å²) in [6.07, 6.45) is 9.50. The lowest BCUT2D eigenvalue weighted by Crippen LogP contribution is -2.58. The molecule has 4 bridgehead atoms. The zero-order valence-corrected chi connectivity index (χ0v) is 17.8. The van der Waals surface area contributed by atoms with Crippen LogP contribution in [0.2, 0.25) is 0 Å². The molecule has 0 saturated heterocycles. The Balaban J connectivity index is 1.29. The van der Waals surface area contributed by atoms with E-state index in [0.29, 0.717) is 47.6 Å². The lowest BCUT2D eigenvalue weighted by molar-refractivity contribution is -0.0591. The van der Waals surface area contributed by atoms with Gasteiger partial charge in [-0.25, -0.2) is 9.97 Å². The molecule has 2 heterocycles. The van der Waals surface area contributed by atoms with Gasteiger partial charge in [-0.1, -0.05) is 6.07 Å². The highest BCUT2D eigenvalue weighted by molar-refractivity contribution is 5.53. The van der Waals surface area contributed by atoms with E-state index in [0.717, 1.165) is 18.0 Å². The van der Waals surface area contributed by atoms with E-state index in [1.807, 2.05) is 12.1 Å². The maximum atomic E-state index is 9.55. The number of nitrogens with two attached hydrogens (primary N) is 1. The predicted molar refractivity (Wildman–Crippen MR) is 117 cm³/mol. The van der Waals surface area contributed by atoms with Crippen molar-refractivity contribution in [3.8, 4) is 11.9 Å². The zero-order chi connectivity index (χ0) is 21.4. The van der Waals surface area contributed by atoms with Crippen LogP contribution in [0.4, 0.5) is 11.8 Å². The fourth-order valence-electron chi connectivity index (χ4n) is 6.32. The Morgan fingerprint density at radius 3 is 2.77 bits per heavy atom. The van der Waals surface area contributed by atoms with Crippen LogP contribution < -0.4 is 21.1 Å². The van der Waals surface area contributed by atoms with Gasteiger partial charge in [-0.15, -0.1) is 0 Å². The molecule has 0 amide bonds. The van der Waals surface area contributed by atoms with Crippen LogP contribution in [-0.2, 0) is 6.54 Å². The van der Waals surface area contributed by atoms with Gasteiger partial charge in [-0.3, -0.25) is 0 Å². The van der Waals surface area contributed by atoms with Crippen molar-refractivity contribution in [2.45, 2.75) is 44.7 Å². The number of rotatable bonds is 7. The number of ether oxygens (including phenoxy) is 1. The summed E-state index contributed by atoms with van der Waals surface area (Å²) in [5.41, 5.74) is 8.15. The fraction of sp³-hybridized carbons (Fsp3) is 0.565. The maximum Gasteiger partial charge on any atom is 0.224 e. The second kappa shape index (κ2) is 7.97. The number of methoxy groups -OCH3 is 1. The van der Waals surface area contributed by atoms with Crippen LogP contribution in [0.25, 0.3) is 0 Å². The molecule has 31 heavy (non-hydrogen) atoms. The highest BCUT2D eigenvalue weighted by Gasteiger charge is 2.54. The number of aromatic nitrogens is 3. The monoisotopic (exact) mass is 419 g/mol. The van der Waals surface area contributed by atoms with Gasteiger partial charge in [-0.2, -0.15) is 10.2 Å². The number of nitrogens with zero attached hydrogens (tertiary/aromatic N) is 4. The number of pyridine rings is 1. The van der Waals surface area contributed by atoms with E-state index in [4.69, 9.17) is 10.5 Å². The molecule has 4 N–H and O–H groups in total. The molecule has 2 aromatic heterocycles. The molecule has 4 fully saturated rings. The molecule has 4 aliphatic rings. The Hall–Kier alpha value is -2.92. The second-order valence-corrected chi connectivity index (χ2v) is 9.49. The van der Waals surface area contributed by atoms with Crippen LogP contribution in [0, 0.1) is 34.5 Å². The SMILES string of the molecule is COc1ncccc1CNc1ncc(C#N)c(NCC23CC4C[C@H](C2)C(N)[C@@H](C4)C3)n1. The molecular weight excluding hydrogens is 390 g/mol. The van der Waals surface area contributed by atoms with E-state index in [2.05, 4.69) is 31.7 Å². The van der Waals surface area contributed by atoms with E-state index in [1.165, 1.54) is 32.1 Å². The quantitative estimate of drug-likeness (QED) is 0.626. The van der Waals surface area contributed by atoms with Crippen LogP contribution in [0.3, 0.4) is 0 Å². The van der Waals surface area contributed by atoms with Crippen molar-refractivity contribution in [1.82, 2.24) is 15.0 Å². The lowest BCUT2D eigenvalue weighted by atomic mass is 9.48. The van der Waals surface area contributed by atoms with Crippen molar-refractivity contribution in [3.05, 3.63) is 35.7 Å². The summed E-state index contributed by atoms with van der Waals surface area (Å²) < 4.78 is 5.30. The van der Waals surface area contributed by atoms with E-state index < -0.39 is 0 Å². The smallest absolute Gasteiger partial charge is 0.224 e. The Morgan fingerprint density at radius 1 is 1.23 bits per heavy atom. The average Bonchev–Trinajstić information content (AvgIpc) is 2.79. The van der Waals surface area contributed by atoms with Gasteiger partial charge in [0.15, 0.2) is 0 Å². The first-order valence-corrected chi connectivity index (χ1v) is 11.1. The Labute approximate surface area is 182 Å². The first-order valence-electron chi connectivity index (χ1n) is 11.1. The van der Waals surface area contributed by atoms with Crippen molar-refractivity contribution in [1.29, 1.82) is 5.26 Å². The van der Waals surface area contributed by atoms with Crippen LogP contribution >= 0.6 is 0 Å². The predicted octanol–water partition coefficient (Wildman–Crippen LogP) is 2.93. The molecule has 0 spiro atoms. The van der Waals surface area contributed by atoms with Gasteiger partial charge in [0, 0.05) is 30.9 Å². The van der Waals surface area contributed by atoms with Crippen molar-refractivity contribution in [2.75, 3.05) is 24.3 Å². The fourth-order valence-corrected chi connectivity index (χ4v) is 6.32. The second-order valence-electron chi connectivity index (χ2n) is 9.49. The van der Waals surface area contributed by atoms with Crippen LogP contribution in [-0.4, -0.2) is 34.6 Å². The lowest BCUT2D eigenvalue weighted by Gasteiger charge is -2.59. The van der Waals surface area contributed by atoms with Gasteiger partial charge in [0.2, 0.25) is 11.8 Å². The molecule has 3 unspecified atom stereocenters. The minimum Gasteiger partial charge on any atom is -0.481 e. The van der Waals surface area contributed by atoms with Crippen molar-refractivity contribution < 1.29 is 4.74 Å². The molecule has 6 rings (SSSR count). The summed E-state index contributed by atoms with van der Waals surface area (Å²) in [6.45, 7) is 1.32. The molecule has 0 radical (unpaired) electrons. The molecule has 4 saturated carbocycles. The number of hydrogen-bond donors (Lipinski definition) is 3. The highest BCUT2D eigenvalue weighted by Crippen LogP contribution is 2.59. The Kier molecular flexibility index (Phi) is 5.14. The minimum absolute atomic E-state index is 0.278. The number of anilines is 2. The van der Waals surface area contributed by atoms with Gasteiger partial charge in [0.1, 0.15) is 17.5 Å². The number of hydrogen-bond acceptors (Lipinski definition) is 8. The van der Waals surface area contributed by atoms with Crippen LogP contribution in [0.5, 0.6) is 5.88 Å². The van der Waals surface area contributed by atoms with E-state index in [9.17, 15) is 5.26 Å². The van der Waals surface area contributed by atoms with Crippen molar-refractivity contribution in [3.63, 3.8) is 0 Å². The molecule has 162 valence electrons. The third-order valence-corrected chi connectivity index (χ3v) is 7.49. The summed E-state index contributed by atoms with van der Waals surface area (Å²) in [5, 5.41) is 16.3. The average molecular weight is 420 g/mol. The van der Waals surface area contributed by atoms with Gasteiger partial charge < -0.3 is 21.1 Å². The van der Waals surface area contributed by atoms with Crippen LogP contribution in [0.1, 0.15) is 43.2 Å². The van der Waals surface area contributed by atoms with Crippen molar-refractivity contribution in [2.24, 2.45) is 28.9 Å². The van der Waals surface area contributed by atoms with Gasteiger partial charge >= 0.3 is 0 Å². The summed E-state index contributed by atoms with van der Waals surface area (Å²) in [5.74, 6) is 3.76. The number of nitrogens with one attached hydrogen (secondary N) is 2. The molecule has 5 atom stereocenters. The highest BCUT2D eigenvalue weighted by atomic mass is 16.5. The Bertz CT molecular complexity index is 988. The topological polar surface area (TPSA) is 122 Å². The molecule has 4 aliphatic carbocycles. The first-order chi connectivity index (χ1) is 15.1. The zero-order valence-electron chi connectivity index (χ0n) is 17.8. The van der Waals surface area contributed by atoms with Gasteiger partial charge in [0.25, 0.3) is 0 Å². The molecule has 8 heteroatoms. The number of nitriles is 1. The van der Waals surface area contributed by atoms with E-state index in [1.54, 1.807) is 19.5 Å². The molecular formula is C23H29N7O. The van der Waals surface area contributed by atoms with E-state index >= 15 is 0 Å².